The maximum Gasteiger partial charge on any atom is 0.142 e. The van der Waals surface area contributed by atoms with Crippen LogP contribution in [0.2, 0.25) is 0 Å². The SMILES string of the molecule is Cc1onc(-c2ccccc2)c1-c1cccc(O)c1. The van der Waals surface area contributed by atoms with Crippen molar-refractivity contribution in [3.05, 3.63) is 60.4 Å². The van der Waals surface area contributed by atoms with Crippen LogP contribution in [0.25, 0.3) is 22.4 Å². The molecule has 0 fully saturated rings. The molecule has 0 saturated carbocycles. The van der Waals surface area contributed by atoms with Crippen molar-refractivity contribution in [1.29, 1.82) is 0 Å². The van der Waals surface area contributed by atoms with Gasteiger partial charge in [-0.25, -0.2) is 0 Å². The van der Waals surface area contributed by atoms with Gasteiger partial charge >= 0.3 is 0 Å². The number of aryl methyl sites for hydroxylation is 1. The van der Waals surface area contributed by atoms with Crippen molar-refractivity contribution in [2.75, 3.05) is 0 Å². The lowest BCUT2D eigenvalue weighted by molar-refractivity contribution is 0.400. The smallest absolute Gasteiger partial charge is 0.142 e. The molecule has 0 bridgehead atoms. The molecule has 3 nitrogen and oxygen atoms in total. The molecular formula is C16H13NO2. The zero-order chi connectivity index (χ0) is 13.2. The average Bonchev–Trinajstić information content (AvgIpc) is 2.82. The zero-order valence-corrected chi connectivity index (χ0v) is 10.5. The van der Waals surface area contributed by atoms with Crippen LogP contribution in [0.4, 0.5) is 0 Å². The summed E-state index contributed by atoms with van der Waals surface area (Å²) in [4.78, 5) is 0. The molecule has 0 aliphatic rings. The number of nitrogens with zero attached hydrogens (tertiary/aromatic N) is 1. The van der Waals surface area contributed by atoms with Crippen molar-refractivity contribution in [1.82, 2.24) is 5.16 Å². The van der Waals surface area contributed by atoms with Crippen LogP contribution in [0.1, 0.15) is 5.76 Å². The summed E-state index contributed by atoms with van der Waals surface area (Å²) in [6, 6.07) is 17.0. The van der Waals surface area contributed by atoms with Crippen LogP contribution >= 0.6 is 0 Å². The first-order valence-electron chi connectivity index (χ1n) is 6.07. The molecule has 3 heteroatoms. The number of hydrogen-bond donors (Lipinski definition) is 1. The van der Waals surface area contributed by atoms with Crippen LogP contribution in [0.15, 0.2) is 59.1 Å². The summed E-state index contributed by atoms with van der Waals surface area (Å²) in [5, 5.41) is 13.7. The fourth-order valence-corrected chi connectivity index (χ4v) is 2.17. The number of phenols is 1. The van der Waals surface area contributed by atoms with E-state index in [0.717, 1.165) is 28.1 Å². The van der Waals surface area contributed by atoms with Gasteiger partial charge in [0.25, 0.3) is 0 Å². The molecule has 94 valence electrons. The van der Waals surface area contributed by atoms with Crippen LogP contribution in [-0.4, -0.2) is 10.3 Å². The van der Waals surface area contributed by atoms with Gasteiger partial charge in [-0.3, -0.25) is 0 Å². The fraction of sp³-hybridized carbons (Fsp3) is 0.0625. The third-order valence-electron chi connectivity index (χ3n) is 3.04. The number of phenolic OH excluding ortho intramolecular Hbond substituents is 1. The molecule has 1 heterocycles. The molecule has 1 aromatic heterocycles. The lowest BCUT2D eigenvalue weighted by Crippen LogP contribution is -1.83. The molecule has 0 aliphatic heterocycles. The van der Waals surface area contributed by atoms with Crippen molar-refractivity contribution in [2.24, 2.45) is 0 Å². The fourth-order valence-electron chi connectivity index (χ4n) is 2.17. The zero-order valence-electron chi connectivity index (χ0n) is 10.5. The van der Waals surface area contributed by atoms with E-state index in [2.05, 4.69) is 5.16 Å². The normalized spacial score (nSPS) is 10.6. The second-order valence-electron chi connectivity index (χ2n) is 4.38. The minimum atomic E-state index is 0.233. The maximum atomic E-state index is 9.61. The van der Waals surface area contributed by atoms with Crippen LogP contribution in [0.3, 0.4) is 0 Å². The Bertz CT molecular complexity index is 702. The summed E-state index contributed by atoms with van der Waals surface area (Å²) < 4.78 is 5.31. The molecule has 0 saturated heterocycles. The number of benzene rings is 2. The number of aromatic hydroxyl groups is 1. The Morgan fingerprint density at radius 1 is 0.947 bits per heavy atom. The third-order valence-corrected chi connectivity index (χ3v) is 3.04. The second kappa shape index (κ2) is 4.61. The van der Waals surface area contributed by atoms with E-state index >= 15 is 0 Å². The molecular weight excluding hydrogens is 238 g/mol. The Hall–Kier alpha value is -2.55. The van der Waals surface area contributed by atoms with Crippen molar-refractivity contribution in [3.8, 4) is 28.1 Å². The van der Waals surface area contributed by atoms with Gasteiger partial charge in [0.15, 0.2) is 0 Å². The Labute approximate surface area is 111 Å². The first-order valence-corrected chi connectivity index (χ1v) is 6.07. The number of aromatic nitrogens is 1. The second-order valence-corrected chi connectivity index (χ2v) is 4.38. The van der Waals surface area contributed by atoms with E-state index in [1.807, 2.05) is 49.4 Å². The summed E-state index contributed by atoms with van der Waals surface area (Å²) in [6.07, 6.45) is 0. The summed E-state index contributed by atoms with van der Waals surface area (Å²) in [5.74, 6) is 0.974. The topological polar surface area (TPSA) is 46.3 Å². The molecule has 0 atom stereocenters. The van der Waals surface area contributed by atoms with Gasteiger partial charge < -0.3 is 9.63 Å². The number of hydrogen-bond acceptors (Lipinski definition) is 3. The molecule has 3 aromatic rings. The van der Waals surface area contributed by atoms with Gasteiger partial charge in [-0.05, 0) is 24.6 Å². The highest BCUT2D eigenvalue weighted by molar-refractivity contribution is 5.82. The van der Waals surface area contributed by atoms with E-state index in [1.54, 1.807) is 12.1 Å². The molecule has 19 heavy (non-hydrogen) atoms. The van der Waals surface area contributed by atoms with E-state index in [1.165, 1.54) is 0 Å². The Kier molecular flexibility index (Phi) is 2.80. The standard InChI is InChI=1S/C16H13NO2/c1-11-15(13-8-5-9-14(18)10-13)16(17-19-11)12-6-3-2-4-7-12/h2-10,18H,1H3. The molecule has 0 spiro atoms. The van der Waals surface area contributed by atoms with Gasteiger partial charge in [0.1, 0.15) is 17.2 Å². The van der Waals surface area contributed by atoms with Crippen molar-refractivity contribution in [2.45, 2.75) is 6.92 Å². The van der Waals surface area contributed by atoms with E-state index < -0.39 is 0 Å². The van der Waals surface area contributed by atoms with Gasteiger partial charge in [0, 0.05) is 5.56 Å². The lowest BCUT2D eigenvalue weighted by Gasteiger charge is -2.03. The highest BCUT2D eigenvalue weighted by Crippen LogP contribution is 2.35. The number of rotatable bonds is 2. The Balaban J connectivity index is 2.20. The minimum Gasteiger partial charge on any atom is -0.508 e. The lowest BCUT2D eigenvalue weighted by atomic mass is 9.99. The Morgan fingerprint density at radius 2 is 1.68 bits per heavy atom. The van der Waals surface area contributed by atoms with Crippen molar-refractivity contribution in [3.63, 3.8) is 0 Å². The van der Waals surface area contributed by atoms with Gasteiger partial charge in [-0.2, -0.15) is 0 Å². The highest BCUT2D eigenvalue weighted by atomic mass is 16.5. The largest absolute Gasteiger partial charge is 0.508 e. The molecule has 0 aliphatic carbocycles. The molecule has 0 unspecified atom stereocenters. The summed E-state index contributed by atoms with van der Waals surface area (Å²) in [7, 11) is 0. The predicted octanol–water partition coefficient (Wildman–Crippen LogP) is 4.02. The van der Waals surface area contributed by atoms with E-state index in [0.29, 0.717) is 0 Å². The third kappa shape index (κ3) is 2.10. The van der Waals surface area contributed by atoms with Gasteiger partial charge in [0.2, 0.25) is 0 Å². The first kappa shape index (κ1) is 11.5. The predicted molar refractivity (Wildman–Crippen MR) is 73.8 cm³/mol. The minimum absolute atomic E-state index is 0.233. The van der Waals surface area contributed by atoms with Gasteiger partial charge in [0.05, 0.1) is 5.56 Å². The van der Waals surface area contributed by atoms with Gasteiger partial charge in [-0.1, -0.05) is 47.6 Å². The summed E-state index contributed by atoms with van der Waals surface area (Å²) in [6.45, 7) is 1.87. The van der Waals surface area contributed by atoms with Gasteiger partial charge in [-0.15, -0.1) is 0 Å². The molecule has 3 rings (SSSR count). The van der Waals surface area contributed by atoms with Crippen LogP contribution in [0, 0.1) is 6.92 Å². The van der Waals surface area contributed by atoms with Crippen molar-refractivity contribution < 1.29 is 9.63 Å². The molecule has 2 aromatic carbocycles. The highest BCUT2D eigenvalue weighted by Gasteiger charge is 2.16. The van der Waals surface area contributed by atoms with Crippen LogP contribution in [-0.2, 0) is 0 Å². The van der Waals surface area contributed by atoms with E-state index in [-0.39, 0.29) is 5.75 Å². The first-order chi connectivity index (χ1) is 9.25. The molecule has 1 N–H and O–H groups in total. The van der Waals surface area contributed by atoms with Crippen LogP contribution < -0.4 is 0 Å². The average molecular weight is 251 g/mol. The summed E-state index contributed by atoms with van der Waals surface area (Å²) in [5.41, 5.74) is 3.61. The Morgan fingerprint density at radius 3 is 2.42 bits per heavy atom. The van der Waals surface area contributed by atoms with Crippen LogP contribution in [0.5, 0.6) is 5.75 Å². The molecule has 0 radical (unpaired) electrons. The quantitative estimate of drug-likeness (QED) is 0.748. The van der Waals surface area contributed by atoms with Crippen molar-refractivity contribution >= 4 is 0 Å². The monoisotopic (exact) mass is 251 g/mol. The van der Waals surface area contributed by atoms with E-state index in [9.17, 15) is 5.11 Å². The van der Waals surface area contributed by atoms with E-state index in [4.69, 9.17) is 4.52 Å². The maximum absolute atomic E-state index is 9.61. The molecule has 0 amide bonds. The summed E-state index contributed by atoms with van der Waals surface area (Å²) >= 11 is 0.